The molecule has 1 unspecified atom stereocenters. The summed E-state index contributed by atoms with van der Waals surface area (Å²) in [5.41, 5.74) is 0.327. The van der Waals surface area contributed by atoms with Gasteiger partial charge in [-0.25, -0.2) is 0 Å². The molecule has 1 N–H and O–H groups in total. The van der Waals surface area contributed by atoms with Gasteiger partial charge in [0.2, 0.25) is 5.91 Å². The van der Waals surface area contributed by atoms with E-state index in [4.69, 9.17) is 0 Å². The van der Waals surface area contributed by atoms with E-state index in [9.17, 15) is 4.79 Å². The van der Waals surface area contributed by atoms with Gasteiger partial charge in [-0.1, -0.05) is 13.8 Å². The molecule has 1 atom stereocenters. The van der Waals surface area contributed by atoms with E-state index in [0.29, 0.717) is 23.8 Å². The second-order valence-electron chi connectivity index (χ2n) is 5.44. The Hall–Kier alpha value is -0.570. The predicted octanol–water partition coefficient (Wildman–Crippen LogP) is 1.63. The van der Waals surface area contributed by atoms with E-state index in [0.717, 1.165) is 25.9 Å². The van der Waals surface area contributed by atoms with E-state index in [2.05, 4.69) is 26.1 Å². The van der Waals surface area contributed by atoms with Crippen LogP contribution in [0.1, 0.15) is 40.0 Å². The summed E-state index contributed by atoms with van der Waals surface area (Å²) in [6, 6.07) is 0.384. The standard InChI is InChI=1S/C12H24N2O/c1-10(13-4)9-14-8-7-12(2,3)6-5-11(14)15/h10,13H,5-9H2,1-4H3. The molecule has 1 amide bonds. The number of carbonyl (C=O) groups is 1. The fourth-order valence-corrected chi connectivity index (χ4v) is 1.91. The van der Waals surface area contributed by atoms with Gasteiger partial charge in [0.25, 0.3) is 0 Å². The second-order valence-corrected chi connectivity index (χ2v) is 5.44. The van der Waals surface area contributed by atoms with Crippen molar-refractivity contribution in [2.24, 2.45) is 5.41 Å². The van der Waals surface area contributed by atoms with Crippen molar-refractivity contribution in [3.8, 4) is 0 Å². The van der Waals surface area contributed by atoms with Crippen molar-refractivity contribution < 1.29 is 4.79 Å². The van der Waals surface area contributed by atoms with E-state index < -0.39 is 0 Å². The summed E-state index contributed by atoms with van der Waals surface area (Å²) in [7, 11) is 1.94. The second kappa shape index (κ2) is 4.97. The molecule has 1 saturated heterocycles. The molecular formula is C12H24N2O. The minimum absolute atomic E-state index is 0.322. The van der Waals surface area contributed by atoms with Crippen molar-refractivity contribution in [3.63, 3.8) is 0 Å². The summed E-state index contributed by atoms with van der Waals surface area (Å²) in [4.78, 5) is 13.9. The van der Waals surface area contributed by atoms with Crippen molar-refractivity contribution in [3.05, 3.63) is 0 Å². The molecule has 1 rings (SSSR count). The molecule has 3 heteroatoms. The number of likely N-dealkylation sites (N-methyl/N-ethyl adjacent to an activating group) is 1. The van der Waals surface area contributed by atoms with Crippen LogP contribution in [0.15, 0.2) is 0 Å². The number of nitrogens with zero attached hydrogens (tertiary/aromatic N) is 1. The largest absolute Gasteiger partial charge is 0.341 e. The number of rotatable bonds is 3. The Bertz CT molecular complexity index is 226. The Balaban J connectivity index is 2.54. The molecule has 0 bridgehead atoms. The van der Waals surface area contributed by atoms with Crippen LogP contribution in [0.3, 0.4) is 0 Å². The zero-order valence-corrected chi connectivity index (χ0v) is 10.5. The molecule has 0 aliphatic carbocycles. The molecule has 0 aromatic rings. The van der Waals surface area contributed by atoms with Crippen molar-refractivity contribution in [1.29, 1.82) is 0 Å². The summed E-state index contributed by atoms with van der Waals surface area (Å²) in [6.45, 7) is 8.38. The number of nitrogens with one attached hydrogen (secondary N) is 1. The lowest BCUT2D eigenvalue weighted by Gasteiger charge is -2.25. The number of hydrogen-bond acceptors (Lipinski definition) is 2. The van der Waals surface area contributed by atoms with Crippen LogP contribution in [0, 0.1) is 5.41 Å². The quantitative estimate of drug-likeness (QED) is 0.771. The lowest BCUT2D eigenvalue weighted by Crippen LogP contribution is -2.40. The zero-order valence-electron chi connectivity index (χ0n) is 10.5. The minimum Gasteiger partial charge on any atom is -0.341 e. The molecule has 1 aliphatic rings. The highest BCUT2D eigenvalue weighted by molar-refractivity contribution is 5.76. The van der Waals surface area contributed by atoms with Crippen LogP contribution in [-0.4, -0.2) is 37.0 Å². The first-order chi connectivity index (χ1) is 6.94. The Labute approximate surface area is 93.2 Å². The van der Waals surface area contributed by atoms with Crippen molar-refractivity contribution in [2.45, 2.75) is 46.1 Å². The van der Waals surface area contributed by atoms with Gasteiger partial charge >= 0.3 is 0 Å². The molecule has 15 heavy (non-hydrogen) atoms. The third-order valence-electron chi connectivity index (χ3n) is 3.41. The highest BCUT2D eigenvalue weighted by atomic mass is 16.2. The average molecular weight is 212 g/mol. The normalized spacial score (nSPS) is 23.7. The first-order valence-electron chi connectivity index (χ1n) is 5.90. The van der Waals surface area contributed by atoms with E-state index in [1.165, 1.54) is 0 Å². The Morgan fingerprint density at radius 1 is 1.47 bits per heavy atom. The van der Waals surface area contributed by atoms with Crippen LogP contribution in [0.4, 0.5) is 0 Å². The van der Waals surface area contributed by atoms with E-state index in [1.54, 1.807) is 0 Å². The highest BCUT2D eigenvalue weighted by Gasteiger charge is 2.27. The van der Waals surface area contributed by atoms with Gasteiger partial charge in [0, 0.05) is 25.6 Å². The summed E-state index contributed by atoms with van der Waals surface area (Å²) >= 11 is 0. The summed E-state index contributed by atoms with van der Waals surface area (Å²) in [5, 5.41) is 3.18. The van der Waals surface area contributed by atoms with Gasteiger partial charge in [0.05, 0.1) is 0 Å². The first-order valence-corrected chi connectivity index (χ1v) is 5.90. The maximum atomic E-state index is 11.9. The van der Waals surface area contributed by atoms with Gasteiger partial charge in [-0.05, 0) is 32.2 Å². The molecule has 1 aliphatic heterocycles. The molecular weight excluding hydrogens is 188 g/mol. The van der Waals surface area contributed by atoms with Crippen LogP contribution < -0.4 is 5.32 Å². The van der Waals surface area contributed by atoms with Crippen molar-refractivity contribution in [2.75, 3.05) is 20.1 Å². The number of likely N-dealkylation sites (tertiary alicyclic amines) is 1. The van der Waals surface area contributed by atoms with Gasteiger partial charge in [0.15, 0.2) is 0 Å². The van der Waals surface area contributed by atoms with E-state index in [1.807, 2.05) is 11.9 Å². The van der Waals surface area contributed by atoms with Crippen molar-refractivity contribution >= 4 is 5.91 Å². The topological polar surface area (TPSA) is 32.3 Å². The molecule has 0 radical (unpaired) electrons. The van der Waals surface area contributed by atoms with Crippen LogP contribution in [0.2, 0.25) is 0 Å². The van der Waals surface area contributed by atoms with Crippen LogP contribution in [0.25, 0.3) is 0 Å². The molecule has 3 nitrogen and oxygen atoms in total. The van der Waals surface area contributed by atoms with Crippen LogP contribution in [-0.2, 0) is 4.79 Å². The van der Waals surface area contributed by atoms with E-state index >= 15 is 0 Å². The monoisotopic (exact) mass is 212 g/mol. The fourth-order valence-electron chi connectivity index (χ4n) is 1.91. The number of carbonyl (C=O) groups excluding carboxylic acids is 1. The van der Waals surface area contributed by atoms with Crippen LogP contribution >= 0.6 is 0 Å². The maximum Gasteiger partial charge on any atom is 0.222 e. The molecule has 0 saturated carbocycles. The van der Waals surface area contributed by atoms with Gasteiger partial charge in [0.1, 0.15) is 0 Å². The lowest BCUT2D eigenvalue weighted by molar-refractivity contribution is -0.131. The summed E-state index contributed by atoms with van der Waals surface area (Å²) in [6.07, 6.45) is 2.86. The lowest BCUT2D eigenvalue weighted by atomic mass is 9.85. The Kier molecular flexibility index (Phi) is 4.14. The smallest absolute Gasteiger partial charge is 0.222 e. The molecule has 0 aromatic carbocycles. The Morgan fingerprint density at radius 2 is 2.13 bits per heavy atom. The molecule has 1 fully saturated rings. The first kappa shape index (κ1) is 12.5. The summed E-state index contributed by atoms with van der Waals surface area (Å²) in [5.74, 6) is 0.322. The van der Waals surface area contributed by atoms with Gasteiger partial charge in [-0.2, -0.15) is 0 Å². The van der Waals surface area contributed by atoms with E-state index in [-0.39, 0.29) is 0 Å². The zero-order chi connectivity index (χ0) is 11.5. The predicted molar refractivity (Wildman–Crippen MR) is 62.7 cm³/mol. The molecule has 1 heterocycles. The Morgan fingerprint density at radius 3 is 2.73 bits per heavy atom. The molecule has 0 aromatic heterocycles. The van der Waals surface area contributed by atoms with Gasteiger partial charge in [-0.15, -0.1) is 0 Å². The number of amides is 1. The van der Waals surface area contributed by atoms with Crippen molar-refractivity contribution in [1.82, 2.24) is 10.2 Å². The fraction of sp³-hybridized carbons (Fsp3) is 0.917. The van der Waals surface area contributed by atoms with Crippen LogP contribution in [0.5, 0.6) is 0 Å². The minimum atomic E-state index is 0.322. The molecule has 88 valence electrons. The molecule has 0 spiro atoms. The SMILES string of the molecule is CNC(C)CN1CCC(C)(C)CCC1=O. The highest BCUT2D eigenvalue weighted by Crippen LogP contribution is 2.30. The summed E-state index contributed by atoms with van der Waals surface area (Å²) < 4.78 is 0. The van der Waals surface area contributed by atoms with Gasteiger partial charge in [-0.3, -0.25) is 4.79 Å². The third-order valence-corrected chi connectivity index (χ3v) is 3.41. The van der Waals surface area contributed by atoms with Gasteiger partial charge < -0.3 is 10.2 Å². The third kappa shape index (κ3) is 3.82. The average Bonchev–Trinajstić information content (AvgIpc) is 2.31. The maximum absolute atomic E-state index is 11.9. The number of hydrogen-bond donors (Lipinski definition) is 1.